The summed E-state index contributed by atoms with van der Waals surface area (Å²) in [6.07, 6.45) is 0. The van der Waals surface area contributed by atoms with Crippen LogP contribution >= 0.6 is 34.9 Å². The summed E-state index contributed by atoms with van der Waals surface area (Å²) in [7, 11) is -3.89. The van der Waals surface area contributed by atoms with Crippen LogP contribution in [0.15, 0.2) is 15.6 Å². The monoisotopic (exact) mass is 489 g/mol. The minimum Gasteiger partial charge on any atom is -0.477 e. The third-order valence-corrected chi connectivity index (χ3v) is 8.75. The van der Waals surface area contributed by atoms with Gasteiger partial charge in [-0.3, -0.25) is 14.5 Å². The summed E-state index contributed by atoms with van der Waals surface area (Å²) in [6.45, 7) is 1.81. The average Bonchev–Trinajstić information content (AvgIpc) is 3.08. The Kier molecular flexibility index (Phi) is 6.70. The first kappa shape index (κ1) is 22.5. The number of aromatic nitrogens is 2. The number of carbonyl (C=O) groups excluding carboxylic acids is 2. The number of rotatable bonds is 8. The first-order valence-electron chi connectivity index (χ1n) is 8.32. The minimum atomic E-state index is -3.89. The predicted octanol–water partition coefficient (Wildman–Crippen LogP) is -0.384. The number of β-lactam (4-membered cyclic amide) rings is 1. The Hall–Kier alpha value is -2.15. The van der Waals surface area contributed by atoms with Crippen LogP contribution in [-0.4, -0.2) is 80.8 Å². The van der Waals surface area contributed by atoms with E-state index in [1.807, 2.05) is 6.92 Å². The number of amides is 2. The number of carboxylic acids is 1. The van der Waals surface area contributed by atoms with Crippen LogP contribution in [0.25, 0.3) is 0 Å². The quantitative estimate of drug-likeness (QED) is 0.360. The van der Waals surface area contributed by atoms with E-state index in [0.717, 1.165) is 9.91 Å². The van der Waals surface area contributed by atoms with Gasteiger partial charge in [-0.25, -0.2) is 13.2 Å². The van der Waals surface area contributed by atoms with Gasteiger partial charge in [0.05, 0.1) is 6.07 Å². The second-order valence-electron chi connectivity index (χ2n) is 6.28. The molecule has 1 unspecified atom stereocenters. The molecule has 0 radical (unpaired) electrons. The maximum atomic E-state index is 12.5. The number of nitrogens with zero attached hydrogens (tertiary/aromatic N) is 4. The highest BCUT2D eigenvalue weighted by atomic mass is 32.2. The molecule has 3 rings (SSSR count). The molecule has 0 bridgehead atoms. The lowest BCUT2D eigenvalue weighted by Gasteiger charge is -2.49. The van der Waals surface area contributed by atoms with Crippen molar-refractivity contribution in [3.63, 3.8) is 0 Å². The van der Waals surface area contributed by atoms with E-state index in [1.165, 1.54) is 40.9 Å². The number of nitrogens with one attached hydrogen (secondary N) is 1. The molecule has 1 fully saturated rings. The Morgan fingerprint density at radius 2 is 2.17 bits per heavy atom. The molecule has 2 aliphatic rings. The van der Waals surface area contributed by atoms with Gasteiger partial charge in [-0.05, 0) is 12.5 Å². The van der Waals surface area contributed by atoms with E-state index in [-0.39, 0.29) is 5.70 Å². The molecule has 2 amide bonds. The number of nitriles is 1. The SMILES string of the molecule is Cc1nnc(SCC2=C(C(=O)O)N3C(=O)C(NC(=O)CS(=O)(=O)CC#N)[C@H]3SC2)s1. The van der Waals surface area contributed by atoms with Gasteiger partial charge in [0, 0.05) is 11.5 Å². The van der Waals surface area contributed by atoms with Gasteiger partial charge in [0.25, 0.3) is 5.91 Å². The van der Waals surface area contributed by atoms with Crippen LogP contribution in [0.4, 0.5) is 0 Å². The summed E-state index contributed by atoms with van der Waals surface area (Å²) in [5.74, 6) is -3.83. The maximum absolute atomic E-state index is 12.5. The van der Waals surface area contributed by atoms with Crippen molar-refractivity contribution in [2.24, 2.45) is 0 Å². The Morgan fingerprint density at radius 1 is 1.43 bits per heavy atom. The normalized spacial score (nSPS) is 20.9. The third-order valence-electron chi connectivity index (χ3n) is 4.08. The Morgan fingerprint density at radius 3 is 2.77 bits per heavy atom. The molecule has 2 atom stereocenters. The zero-order valence-electron chi connectivity index (χ0n) is 15.4. The van der Waals surface area contributed by atoms with Crippen molar-refractivity contribution in [2.75, 3.05) is 23.0 Å². The molecule has 0 aliphatic carbocycles. The van der Waals surface area contributed by atoms with E-state index in [0.29, 0.717) is 21.4 Å². The Labute approximate surface area is 183 Å². The maximum Gasteiger partial charge on any atom is 0.352 e. The number of fused-ring (bicyclic) bond motifs is 1. The molecule has 15 heteroatoms. The van der Waals surface area contributed by atoms with Crippen LogP contribution < -0.4 is 5.32 Å². The Bertz CT molecular complexity index is 1080. The Balaban J connectivity index is 1.69. The average molecular weight is 490 g/mol. The minimum absolute atomic E-state index is 0.125. The van der Waals surface area contributed by atoms with E-state index < -0.39 is 50.5 Å². The molecule has 0 aromatic carbocycles. The van der Waals surface area contributed by atoms with Crippen LogP contribution in [0, 0.1) is 18.3 Å². The second-order valence-corrected chi connectivity index (χ2v) is 11.9. The summed E-state index contributed by atoms with van der Waals surface area (Å²) in [5.41, 5.74) is 0.427. The zero-order chi connectivity index (χ0) is 22.1. The highest BCUT2D eigenvalue weighted by Gasteiger charge is 2.54. The lowest BCUT2D eigenvalue weighted by molar-refractivity contribution is -0.150. The molecular formula is C15H15N5O6S4. The van der Waals surface area contributed by atoms with Gasteiger partial charge < -0.3 is 10.4 Å². The molecule has 2 aliphatic heterocycles. The lowest BCUT2D eigenvalue weighted by atomic mass is 10.0. The lowest BCUT2D eigenvalue weighted by Crippen LogP contribution is -2.71. The van der Waals surface area contributed by atoms with Gasteiger partial charge >= 0.3 is 5.97 Å². The fourth-order valence-corrected chi connectivity index (χ4v) is 6.93. The second kappa shape index (κ2) is 8.92. The summed E-state index contributed by atoms with van der Waals surface area (Å²) in [6, 6.07) is 0.449. The number of hydrogen-bond donors (Lipinski definition) is 2. The van der Waals surface area contributed by atoms with Crippen LogP contribution in [0.3, 0.4) is 0 Å². The molecule has 1 saturated heterocycles. The molecular weight excluding hydrogens is 474 g/mol. The third kappa shape index (κ3) is 4.77. The first-order chi connectivity index (χ1) is 14.1. The number of sulfone groups is 1. The number of hydrogen-bond acceptors (Lipinski definition) is 11. The summed E-state index contributed by atoms with van der Waals surface area (Å²) >= 11 is 4.00. The van der Waals surface area contributed by atoms with Crippen LogP contribution in [0.2, 0.25) is 0 Å². The molecule has 30 heavy (non-hydrogen) atoms. The molecule has 160 valence electrons. The van der Waals surface area contributed by atoms with Gasteiger partial charge in [0.1, 0.15) is 33.6 Å². The number of aryl methyl sites for hydroxylation is 1. The molecule has 0 spiro atoms. The molecule has 1 aromatic heterocycles. The van der Waals surface area contributed by atoms with E-state index in [9.17, 15) is 27.9 Å². The van der Waals surface area contributed by atoms with Gasteiger partial charge in [0.2, 0.25) is 5.91 Å². The molecule has 11 nitrogen and oxygen atoms in total. The van der Waals surface area contributed by atoms with Crippen molar-refractivity contribution in [1.29, 1.82) is 5.26 Å². The topological polar surface area (TPSA) is 170 Å². The van der Waals surface area contributed by atoms with Crippen molar-refractivity contribution >= 4 is 62.5 Å². The molecule has 2 N–H and O–H groups in total. The highest BCUT2D eigenvalue weighted by Crippen LogP contribution is 2.41. The number of carbonyl (C=O) groups is 3. The highest BCUT2D eigenvalue weighted by molar-refractivity contribution is 8.01. The number of carboxylic acid groups (broad SMARTS) is 1. The number of thioether (sulfide) groups is 2. The van der Waals surface area contributed by atoms with Gasteiger partial charge in [-0.2, -0.15) is 5.26 Å². The van der Waals surface area contributed by atoms with Gasteiger partial charge in [0.15, 0.2) is 14.2 Å². The van der Waals surface area contributed by atoms with Crippen molar-refractivity contribution in [3.05, 3.63) is 16.3 Å². The molecule has 0 saturated carbocycles. The van der Waals surface area contributed by atoms with Crippen LogP contribution in [0.5, 0.6) is 0 Å². The smallest absolute Gasteiger partial charge is 0.352 e. The van der Waals surface area contributed by atoms with Crippen LogP contribution in [-0.2, 0) is 24.2 Å². The van der Waals surface area contributed by atoms with Gasteiger partial charge in [-0.15, -0.1) is 22.0 Å². The van der Waals surface area contributed by atoms with Crippen molar-refractivity contribution in [1.82, 2.24) is 20.4 Å². The summed E-state index contributed by atoms with van der Waals surface area (Å²) < 4.78 is 23.9. The summed E-state index contributed by atoms with van der Waals surface area (Å²) in [5, 5.41) is 28.5. The van der Waals surface area contributed by atoms with E-state index in [2.05, 4.69) is 15.5 Å². The van der Waals surface area contributed by atoms with Crippen LogP contribution in [0.1, 0.15) is 5.01 Å². The number of aliphatic carboxylic acids is 1. The van der Waals surface area contributed by atoms with E-state index in [1.54, 1.807) is 0 Å². The van der Waals surface area contributed by atoms with E-state index >= 15 is 0 Å². The fraction of sp³-hybridized carbons (Fsp3) is 0.467. The zero-order valence-corrected chi connectivity index (χ0v) is 18.7. The van der Waals surface area contributed by atoms with Crippen molar-refractivity contribution in [2.45, 2.75) is 22.7 Å². The fourth-order valence-electron chi connectivity index (χ4n) is 2.84. The molecule has 3 heterocycles. The first-order valence-corrected chi connectivity index (χ1v) is 13.0. The predicted molar refractivity (Wildman–Crippen MR) is 109 cm³/mol. The molecule has 1 aromatic rings. The largest absolute Gasteiger partial charge is 0.477 e. The van der Waals surface area contributed by atoms with E-state index in [4.69, 9.17) is 5.26 Å². The van der Waals surface area contributed by atoms with Crippen molar-refractivity contribution in [3.8, 4) is 6.07 Å². The summed E-state index contributed by atoms with van der Waals surface area (Å²) in [4.78, 5) is 37.4. The van der Waals surface area contributed by atoms with Crippen molar-refractivity contribution < 1.29 is 27.9 Å². The van der Waals surface area contributed by atoms with Gasteiger partial charge in [-0.1, -0.05) is 23.1 Å². The standard InChI is InChI=1S/C15H15N5O6S4/c1-7-18-19-15(29-7)28-5-8-4-27-13-10(12(22)20(13)11(8)14(23)24)17-9(21)6-30(25,26)3-2-16/h10,13H,3-6H2,1H3,(H,17,21)(H,23,24)/t10?,13-/m1/s1.